The van der Waals surface area contributed by atoms with Crippen molar-refractivity contribution >= 4 is 6.09 Å². The fourth-order valence-corrected chi connectivity index (χ4v) is 2.07. The van der Waals surface area contributed by atoms with Gasteiger partial charge >= 0.3 is 6.09 Å². The SMILES string of the molecule is COC(=O)N1CCN(Cc2ccc(F)cc2)CC1. The molecule has 1 aromatic rings. The first kappa shape index (κ1) is 12.8. The molecule has 1 aliphatic heterocycles. The van der Waals surface area contributed by atoms with Crippen LogP contribution >= 0.6 is 0 Å². The van der Waals surface area contributed by atoms with E-state index in [2.05, 4.69) is 9.64 Å². The lowest BCUT2D eigenvalue weighted by Crippen LogP contribution is -2.48. The van der Waals surface area contributed by atoms with Gasteiger partial charge in [-0.25, -0.2) is 9.18 Å². The minimum absolute atomic E-state index is 0.214. The molecule has 1 amide bonds. The molecule has 0 aliphatic carbocycles. The summed E-state index contributed by atoms with van der Waals surface area (Å²) >= 11 is 0. The molecule has 4 nitrogen and oxygen atoms in total. The van der Waals surface area contributed by atoms with Crippen molar-refractivity contribution in [3.8, 4) is 0 Å². The molecule has 0 radical (unpaired) electrons. The van der Waals surface area contributed by atoms with Crippen LogP contribution in [0.25, 0.3) is 0 Å². The van der Waals surface area contributed by atoms with Crippen molar-refractivity contribution in [2.75, 3.05) is 33.3 Å². The van der Waals surface area contributed by atoms with Gasteiger partial charge in [0.2, 0.25) is 0 Å². The Kier molecular flexibility index (Phi) is 4.15. The van der Waals surface area contributed by atoms with Crippen LogP contribution in [0, 0.1) is 5.82 Å². The Morgan fingerprint density at radius 3 is 2.39 bits per heavy atom. The molecular weight excluding hydrogens is 235 g/mol. The maximum absolute atomic E-state index is 12.8. The largest absolute Gasteiger partial charge is 0.453 e. The standard InChI is InChI=1S/C13H17FN2O2/c1-18-13(17)16-8-6-15(7-9-16)10-11-2-4-12(14)5-3-11/h2-5H,6-10H2,1H3. The van der Waals surface area contributed by atoms with Crippen LogP contribution in [-0.2, 0) is 11.3 Å². The second kappa shape index (κ2) is 5.82. The van der Waals surface area contributed by atoms with Gasteiger partial charge in [0.05, 0.1) is 7.11 Å². The minimum Gasteiger partial charge on any atom is -0.453 e. The molecule has 5 heteroatoms. The number of methoxy groups -OCH3 is 1. The first-order valence-corrected chi connectivity index (χ1v) is 5.99. The average Bonchev–Trinajstić information content (AvgIpc) is 2.41. The van der Waals surface area contributed by atoms with Crippen molar-refractivity contribution in [1.29, 1.82) is 0 Å². The van der Waals surface area contributed by atoms with Gasteiger partial charge in [0, 0.05) is 32.7 Å². The highest BCUT2D eigenvalue weighted by Crippen LogP contribution is 2.10. The van der Waals surface area contributed by atoms with Crippen LogP contribution in [0.3, 0.4) is 0 Å². The van der Waals surface area contributed by atoms with E-state index in [1.165, 1.54) is 19.2 Å². The van der Waals surface area contributed by atoms with Crippen molar-refractivity contribution < 1.29 is 13.9 Å². The molecule has 0 atom stereocenters. The number of ether oxygens (including phenoxy) is 1. The van der Waals surface area contributed by atoms with Crippen molar-refractivity contribution in [3.63, 3.8) is 0 Å². The summed E-state index contributed by atoms with van der Waals surface area (Å²) in [6.45, 7) is 3.76. The van der Waals surface area contributed by atoms with E-state index in [4.69, 9.17) is 0 Å². The smallest absolute Gasteiger partial charge is 0.409 e. The van der Waals surface area contributed by atoms with Crippen LogP contribution < -0.4 is 0 Å². The molecule has 1 heterocycles. The van der Waals surface area contributed by atoms with Crippen molar-refractivity contribution in [2.45, 2.75) is 6.54 Å². The molecule has 98 valence electrons. The number of amides is 1. The highest BCUT2D eigenvalue weighted by Gasteiger charge is 2.21. The summed E-state index contributed by atoms with van der Waals surface area (Å²) in [6, 6.07) is 6.53. The van der Waals surface area contributed by atoms with Gasteiger partial charge in [-0.2, -0.15) is 0 Å². The van der Waals surface area contributed by atoms with E-state index in [1.807, 2.05) is 0 Å². The molecule has 1 saturated heterocycles. The van der Waals surface area contributed by atoms with Crippen LogP contribution in [0.1, 0.15) is 5.56 Å². The Labute approximate surface area is 106 Å². The Morgan fingerprint density at radius 2 is 1.83 bits per heavy atom. The third-order valence-corrected chi connectivity index (χ3v) is 3.12. The minimum atomic E-state index is -0.267. The number of hydrogen-bond donors (Lipinski definition) is 0. The number of benzene rings is 1. The monoisotopic (exact) mass is 252 g/mol. The van der Waals surface area contributed by atoms with Crippen LogP contribution in [0.15, 0.2) is 24.3 Å². The van der Waals surface area contributed by atoms with Gasteiger partial charge in [0.15, 0.2) is 0 Å². The van der Waals surface area contributed by atoms with Crippen LogP contribution in [-0.4, -0.2) is 49.2 Å². The van der Waals surface area contributed by atoms with Gasteiger partial charge in [-0.05, 0) is 17.7 Å². The van der Waals surface area contributed by atoms with Gasteiger partial charge in [-0.15, -0.1) is 0 Å². The number of nitrogens with zero attached hydrogens (tertiary/aromatic N) is 2. The van der Waals surface area contributed by atoms with E-state index in [-0.39, 0.29) is 11.9 Å². The van der Waals surface area contributed by atoms with Gasteiger partial charge in [0.1, 0.15) is 5.82 Å². The molecule has 0 N–H and O–H groups in total. The summed E-state index contributed by atoms with van der Waals surface area (Å²) in [4.78, 5) is 15.3. The number of rotatable bonds is 2. The predicted octanol–water partition coefficient (Wildman–Crippen LogP) is 1.71. The summed E-state index contributed by atoms with van der Waals surface area (Å²) in [5.74, 6) is -0.214. The van der Waals surface area contributed by atoms with Crippen LogP contribution in [0.2, 0.25) is 0 Å². The molecule has 0 unspecified atom stereocenters. The van der Waals surface area contributed by atoms with Crippen molar-refractivity contribution in [3.05, 3.63) is 35.6 Å². The molecule has 0 spiro atoms. The third-order valence-electron chi connectivity index (χ3n) is 3.12. The Hall–Kier alpha value is -1.62. The number of hydrogen-bond acceptors (Lipinski definition) is 3. The maximum atomic E-state index is 12.8. The van der Waals surface area contributed by atoms with Crippen molar-refractivity contribution in [1.82, 2.24) is 9.80 Å². The second-order valence-corrected chi connectivity index (χ2v) is 4.36. The lowest BCUT2D eigenvalue weighted by molar-refractivity contribution is 0.0889. The molecule has 0 bridgehead atoms. The summed E-state index contributed by atoms with van der Waals surface area (Å²) in [5, 5.41) is 0. The predicted molar refractivity (Wildman–Crippen MR) is 65.7 cm³/mol. The molecule has 0 aromatic heterocycles. The quantitative estimate of drug-likeness (QED) is 0.803. The summed E-state index contributed by atoms with van der Waals surface area (Å²) in [5.41, 5.74) is 1.09. The summed E-state index contributed by atoms with van der Waals surface area (Å²) < 4.78 is 17.5. The first-order valence-electron chi connectivity index (χ1n) is 5.99. The number of carbonyl (C=O) groups excluding carboxylic acids is 1. The van der Waals surface area contributed by atoms with Crippen molar-refractivity contribution in [2.24, 2.45) is 0 Å². The zero-order valence-electron chi connectivity index (χ0n) is 10.4. The fourth-order valence-electron chi connectivity index (χ4n) is 2.07. The van der Waals surface area contributed by atoms with E-state index in [1.54, 1.807) is 17.0 Å². The Balaban J connectivity index is 1.83. The highest BCUT2D eigenvalue weighted by molar-refractivity contribution is 5.67. The Bertz CT molecular complexity index is 400. The van der Waals surface area contributed by atoms with Gasteiger partial charge in [-0.1, -0.05) is 12.1 Å². The average molecular weight is 252 g/mol. The normalized spacial score (nSPS) is 16.7. The van der Waals surface area contributed by atoms with E-state index in [9.17, 15) is 9.18 Å². The van der Waals surface area contributed by atoms with Gasteiger partial charge in [-0.3, -0.25) is 4.90 Å². The van der Waals surface area contributed by atoms with E-state index in [0.29, 0.717) is 13.1 Å². The molecule has 2 rings (SSSR count). The summed E-state index contributed by atoms with van der Waals surface area (Å²) in [6.07, 6.45) is -0.267. The molecule has 1 aromatic carbocycles. The lowest BCUT2D eigenvalue weighted by Gasteiger charge is -2.33. The highest BCUT2D eigenvalue weighted by atomic mass is 19.1. The van der Waals surface area contributed by atoms with E-state index < -0.39 is 0 Å². The lowest BCUT2D eigenvalue weighted by atomic mass is 10.2. The topological polar surface area (TPSA) is 32.8 Å². The molecule has 1 aliphatic rings. The van der Waals surface area contributed by atoms with Gasteiger partial charge < -0.3 is 9.64 Å². The molecule has 1 fully saturated rings. The zero-order valence-corrected chi connectivity index (χ0v) is 10.4. The number of halogens is 1. The van der Waals surface area contributed by atoms with Crippen LogP contribution in [0.5, 0.6) is 0 Å². The molecule has 0 saturated carbocycles. The molecule has 18 heavy (non-hydrogen) atoms. The second-order valence-electron chi connectivity index (χ2n) is 4.36. The van der Waals surface area contributed by atoms with Crippen LogP contribution in [0.4, 0.5) is 9.18 Å². The Morgan fingerprint density at radius 1 is 1.22 bits per heavy atom. The number of piperazine rings is 1. The maximum Gasteiger partial charge on any atom is 0.409 e. The summed E-state index contributed by atoms with van der Waals surface area (Å²) in [7, 11) is 1.40. The van der Waals surface area contributed by atoms with E-state index >= 15 is 0 Å². The third kappa shape index (κ3) is 3.20. The number of carbonyl (C=O) groups is 1. The van der Waals surface area contributed by atoms with E-state index in [0.717, 1.165) is 25.2 Å². The molecular formula is C13H17FN2O2. The fraction of sp³-hybridized carbons (Fsp3) is 0.462. The zero-order chi connectivity index (χ0) is 13.0. The first-order chi connectivity index (χ1) is 8.69. The van der Waals surface area contributed by atoms with Gasteiger partial charge in [0.25, 0.3) is 0 Å².